The lowest BCUT2D eigenvalue weighted by Gasteiger charge is -2.32. The fourth-order valence-corrected chi connectivity index (χ4v) is 4.27. The minimum Gasteiger partial charge on any atom is -0.468 e. The van der Waals surface area contributed by atoms with E-state index in [1.165, 1.54) is 19.2 Å². The maximum absolute atomic E-state index is 12.6. The van der Waals surface area contributed by atoms with Gasteiger partial charge in [0.25, 0.3) is 0 Å². The molecule has 2 fully saturated rings. The highest BCUT2D eigenvalue weighted by atomic mass is 19.3. The highest BCUT2D eigenvalue weighted by Crippen LogP contribution is 2.40. The van der Waals surface area contributed by atoms with Crippen molar-refractivity contribution in [2.75, 3.05) is 19.0 Å². The number of benzene rings is 1. The van der Waals surface area contributed by atoms with Crippen LogP contribution >= 0.6 is 0 Å². The van der Waals surface area contributed by atoms with Gasteiger partial charge in [-0.2, -0.15) is 8.78 Å². The number of carbonyl (C=O) groups is 2. The van der Waals surface area contributed by atoms with Crippen LogP contribution in [-0.4, -0.2) is 49.1 Å². The summed E-state index contributed by atoms with van der Waals surface area (Å²) in [5.74, 6) is -0.425. The SMILES string of the molecule is COC(=O)C1CC2CCCCC2N1CC(=O)Nc1ccccc1OC(F)F. The molecule has 27 heavy (non-hydrogen) atoms. The number of anilines is 1. The number of carbonyl (C=O) groups excluding carboxylic acids is 2. The third-order valence-corrected chi connectivity index (χ3v) is 5.40. The summed E-state index contributed by atoms with van der Waals surface area (Å²) in [7, 11) is 1.35. The summed E-state index contributed by atoms with van der Waals surface area (Å²) >= 11 is 0. The molecule has 3 unspecified atom stereocenters. The molecule has 1 aliphatic carbocycles. The van der Waals surface area contributed by atoms with Crippen LogP contribution in [0, 0.1) is 5.92 Å². The summed E-state index contributed by atoms with van der Waals surface area (Å²) < 4.78 is 34.4. The van der Waals surface area contributed by atoms with Gasteiger partial charge in [0.2, 0.25) is 5.91 Å². The van der Waals surface area contributed by atoms with Gasteiger partial charge in [0, 0.05) is 6.04 Å². The Kier molecular flexibility index (Phi) is 6.26. The van der Waals surface area contributed by atoms with E-state index < -0.39 is 12.7 Å². The fourth-order valence-electron chi connectivity index (χ4n) is 4.27. The van der Waals surface area contributed by atoms with Crippen LogP contribution in [0.1, 0.15) is 32.1 Å². The highest BCUT2D eigenvalue weighted by molar-refractivity contribution is 5.94. The Labute approximate surface area is 156 Å². The van der Waals surface area contributed by atoms with Crippen molar-refractivity contribution in [3.63, 3.8) is 0 Å². The molecule has 1 aromatic carbocycles. The molecule has 2 aliphatic rings. The summed E-state index contributed by atoms with van der Waals surface area (Å²) in [6, 6.07) is 5.77. The van der Waals surface area contributed by atoms with E-state index in [0.717, 1.165) is 25.7 Å². The molecule has 8 heteroatoms. The molecule has 0 bridgehead atoms. The molecule has 1 aromatic rings. The highest BCUT2D eigenvalue weighted by Gasteiger charge is 2.46. The maximum Gasteiger partial charge on any atom is 0.387 e. The number of nitrogens with zero attached hydrogens (tertiary/aromatic N) is 1. The van der Waals surface area contributed by atoms with E-state index in [4.69, 9.17) is 4.74 Å². The average molecular weight is 382 g/mol. The summed E-state index contributed by atoms with van der Waals surface area (Å²) in [5, 5.41) is 2.62. The Morgan fingerprint density at radius 1 is 1.26 bits per heavy atom. The van der Waals surface area contributed by atoms with E-state index >= 15 is 0 Å². The summed E-state index contributed by atoms with van der Waals surface area (Å²) in [6.07, 6.45) is 4.87. The molecule has 0 spiro atoms. The number of ether oxygens (including phenoxy) is 2. The van der Waals surface area contributed by atoms with Gasteiger partial charge in [0.1, 0.15) is 11.8 Å². The van der Waals surface area contributed by atoms with E-state index in [2.05, 4.69) is 10.1 Å². The van der Waals surface area contributed by atoms with Crippen molar-refractivity contribution in [2.24, 2.45) is 5.92 Å². The van der Waals surface area contributed by atoms with Crippen LogP contribution in [0.15, 0.2) is 24.3 Å². The van der Waals surface area contributed by atoms with Crippen LogP contribution in [-0.2, 0) is 14.3 Å². The first-order chi connectivity index (χ1) is 13.0. The second-order valence-electron chi connectivity index (χ2n) is 6.98. The van der Waals surface area contributed by atoms with E-state index in [0.29, 0.717) is 12.3 Å². The lowest BCUT2D eigenvalue weighted by atomic mass is 9.85. The number of likely N-dealkylation sites (tertiary alicyclic amines) is 1. The number of nitrogens with one attached hydrogen (secondary N) is 1. The van der Waals surface area contributed by atoms with E-state index in [-0.39, 0.29) is 35.9 Å². The van der Waals surface area contributed by atoms with Crippen molar-refractivity contribution in [2.45, 2.75) is 50.8 Å². The number of hydrogen-bond acceptors (Lipinski definition) is 5. The van der Waals surface area contributed by atoms with Crippen LogP contribution in [0.3, 0.4) is 0 Å². The first-order valence-corrected chi connectivity index (χ1v) is 9.17. The van der Waals surface area contributed by atoms with Crippen molar-refractivity contribution in [3.05, 3.63) is 24.3 Å². The molecular formula is C19H24F2N2O4. The number of para-hydroxylation sites is 2. The number of alkyl halides is 2. The van der Waals surface area contributed by atoms with E-state index in [1.807, 2.05) is 4.90 Å². The largest absolute Gasteiger partial charge is 0.468 e. The average Bonchev–Trinajstić information content (AvgIpc) is 3.01. The Morgan fingerprint density at radius 2 is 2.00 bits per heavy atom. The second kappa shape index (κ2) is 8.65. The zero-order valence-electron chi connectivity index (χ0n) is 15.2. The van der Waals surface area contributed by atoms with Gasteiger partial charge < -0.3 is 14.8 Å². The monoisotopic (exact) mass is 382 g/mol. The summed E-state index contributed by atoms with van der Waals surface area (Å²) in [6.45, 7) is -2.97. The molecule has 3 atom stereocenters. The first kappa shape index (κ1) is 19.5. The zero-order valence-corrected chi connectivity index (χ0v) is 15.2. The number of rotatable bonds is 6. The van der Waals surface area contributed by atoms with Crippen LogP contribution in [0.2, 0.25) is 0 Å². The molecule has 1 heterocycles. The molecule has 0 aromatic heterocycles. The lowest BCUT2D eigenvalue weighted by molar-refractivity contribution is -0.146. The fraction of sp³-hybridized carbons (Fsp3) is 0.579. The first-order valence-electron chi connectivity index (χ1n) is 9.17. The summed E-state index contributed by atoms with van der Waals surface area (Å²) in [4.78, 5) is 26.7. The maximum atomic E-state index is 12.6. The predicted octanol–water partition coefficient (Wildman–Crippen LogP) is 3.03. The number of halogens is 2. The van der Waals surface area contributed by atoms with Gasteiger partial charge in [0.05, 0.1) is 19.3 Å². The molecule has 1 aliphatic heterocycles. The Balaban J connectivity index is 1.71. The Morgan fingerprint density at radius 3 is 2.74 bits per heavy atom. The van der Waals surface area contributed by atoms with Gasteiger partial charge in [0.15, 0.2) is 0 Å². The van der Waals surface area contributed by atoms with Crippen molar-refractivity contribution in [3.8, 4) is 5.75 Å². The van der Waals surface area contributed by atoms with Gasteiger partial charge in [-0.25, -0.2) is 0 Å². The summed E-state index contributed by atoms with van der Waals surface area (Å²) in [5.41, 5.74) is 0.178. The van der Waals surface area contributed by atoms with Gasteiger partial charge >= 0.3 is 12.6 Å². The Bertz CT molecular complexity index is 685. The molecular weight excluding hydrogens is 358 g/mol. The molecule has 0 radical (unpaired) electrons. The minimum atomic E-state index is -2.98. The van der Waals surface area contributed by atoms with Gasteiger partial charge in [-0.15, -0.1) is 0 Å². The molecule has 1 saturated carbocycles. The normalized spacial score (nSPS) is 25.1. The molecule has 3 rings (SSSR count). The third-order valence-electron chi connectivity index (χ3n) is 5.40. The number of esters is 1. The minimum absolute atomic E-state index is 0.00391. The topological polar surface area (TPSA) is 67.9 Å². The lowest BCUT2D eigenvalue weighted by Crippen LogP contribution is -2.46. The number of hydrogen-bond donors (Lipinski definition) is 1. The molecule has 148 valence electrons. The van der Waals surface area contributed by atoms with E-state index in [9.17, 15) is 18.4 Å². The number of fused-ring (bicyclic) bond motifs is 1. The standard InChI is InChI=1S/C19H24F2N2O4/c1-26-18(25)15-10-12-6-2-4-8-14(12)23(15)11-17(24)22-13-7-3-5-9-16(13)27-19(20)21/h3,5,7,9,12,14-15,19H,2,4,6,8,10-11H2,1H3,(H,22,24). The van der Waals surface area contributed by atoms with Crippen LogP contribution in [0.4, 0.5) is 14.5 Å². The molecule has 1 amide bonds. The number of methoxy groups -OCH3 is 1. The molecule has 1 saturated heterocycles. The van der Waals surface area contributed by atoms with Gasteiger partial charge in [-0.05, 0) is 37.3 Å². The van der Waals surface area contributed by atoms with Gasteiger partial charge in [-0.1, -0.05) is 25.0 Å². The molecule has 6 nitrogen and oxygen atoms in total. The van der Waals surface area contributed by atoms with Crippen molar-refractivity contribution >= 4 is 17.6 Å². The van der Waals surface area contributed by atoms with Crippen LogP contribution < -0.4 is 10.1 Å². The Hall–Kier alpha value is -2.22. The van der Waals surface area contributed by atoms with E-state index in [1.54, 1.807) is 12.1 Å². The number of amides is 1. The quantitative estimate of drug-likeness (QED) is 0.766. The second-order valence-corrected chi connectivity index (χ2v) is 6.98. The molecule has 1 N–H and O–H groups in total. The third kappa shape index (κ3) is 4.55. The van der Waals surface area contributed by atoms with Crippen molar-refractivity contribution in [1.29, 1.82) is 0 Å². The van der Waals surface area contributed by atoms with Crippen LogP contribution in [0.25, 0.3) is 0 Å². The zero-order chi connectivity index (χ0) is 19.4. The van der Waals surface area contributed by atoms with Crippen molar-refractivity contribution < 1.29 is 27.8 Å². The van der Waals surface area contributed by atoms with Gasteiger partial charge in [-0.3, -0.25) is 14.5 Å². The van der Waals surface area contributed by atoms with Crippen molar-refractivity contribution in [1.82, 2.24) is 4.90 Å². The smallest absolute Gasteiger partial charge is 0.387 e. The predicted molar refractivity (Wildman–Crippen MR) is 94.6 cm³/mol. The van der Waals surface area contributed by atoms with Crippen LogP contribution in [0.5, 0.6) is 5.75 Å².